The highest BCUT2D eigenvalue weighted by Gasteiger charge is 2.27. The molecule has 2 aromatic carbocycles. The summed E-state index contributed by atoms with van der Waals surface area (Å²) in [4.78, 5) is 0. The fourth-order valence-electron chi connectivity index (χ4n) is 4.70. The largest absolute Gasteiger partial charge is 0.496 e. The van der Waals surface area contributed by atoms with Crippen LogP contribution >= 0.6 is 0 Å². The molecule has 1 aliphatic rings. The monoisotopic (exact) mass is 414 g/mol. The Labute approximate surface area is 180 Å². The number of ether oxygens (including phenoxy) is 5. The van der Waals surface area contributed by atoms with Crippen LogP contribution in [0.25, 0.3) is 0 Å². The molecule has 5 nitrogen and oxygen atoms in total. The molecule has 2 aromatic rings. The van der Waals surface area contributed by atoms with Gasteiger partial charge >= 0.3 is 0 Å². The lowest BCUT2D eigenvalue weighted by Gasteiger charge is -2.32. The lowest BCUT2D eigenvalue weighted by molar-refractivity contribution is 0.287. The molecule has 2 atom stereocenters. The molecule has 164 valence electrons. The summed E-state index contributed by atoms with van der Waals surface area (Å²) < 4.78 is 27.5. The van der Waals surface area contributed by atoms with E-state index in [1.165, 1.54) is 31.2 Å². The quantitative estimate of drug-likeness (QED) is 0.532. The molecule has 3 rings (SSSR count). The van der Waals surface area contributed by atoms with E-state index in [0.717, 1.165) is 41.4 Å². The molecule has 0 radical (unpaired) electrons. The number of hydrogen-bond donors (Lipinski definition) is 0. The first kappa shape index (κ1) is 22.1. The smallest absolute Gasteiger partial charge is 0.164 e. The first-order valence-corrected chi connectivity index (χ1v) is 10.7. The van der Waals surface area contributed by atoms with Crippen LogP contribution in [0, 0.1) is 5.92 Å². The predicted molar refractivity (Wildman–Crippen MR) is 119 cm³/mol. The van der Waals surface area contributed by atoms with Gasteiger partial charge in [-0.15, -0.1) is 0 Å². The molecule has 0 aliphatic heterocycles. The van der Waals surface area contributed by atoms with E-state index in [2.05, 4.69) is 12.1 Å². The molecule has 0 aromatic heterocycles. The van der Waals surface area contributed by atoms with Gasteiger partial charge in [0, 0.05) is 6.07 Å². The first-order chi connectivity index (χ1) is 14.6. The van der Waals surface area contributed by atoms with Crippen molar-refractivity contribution in [1.29, 1.82) is 0 Å². The van der Waals surface area contributed by atoms with Gasteiger partial charge in [-0.25, -0.2) is 0 Å². The molecular formula is C25H34O5. The summed E-state index contributed by atoms with van der Waals surface area (Å²) in [7, 11) is 8.40. The van der Waals surface area contributed by atoms with E-state index < -0.39 is 0 Å². The molecule has 1 saturated carbocycles. The SMILES string of the molecule is COc1cc(OC)c(OC)cc1CC[C@H]1CCCC[C@@H]1c1ccc(OC)c(OC)c1. The van der Waals surface area contributed by atoms with Crippen LogP contribution in [-0.4, -0.2) is 35.5 Å². The minimum Gasteiger partial charge on any atom is -0.496 e. The molecular weight excluding hydrogens is 380 g/mol. The third-order valence-electron chi connectivity index (χ3n) is 6.32. The summed E-state index contributed by atoms with van der Waals surface area (Å²) in [5, 5.41) is 0. The summed E-state index contributed by atoms with van der Waals surface area (Å²) in [5.74, 6) is 5.03. The fourth-order valence-corrected chi connectivity index (χ4v) is 4.70. The van der Waals surface area contributed by atoms with Crippen molar-refractivity contribution < 1.29 is 23.7 Å². The predicted octanol–water partition coefficient (Wildman–Crippen LogP) is 5.64. The molecule has 0 N–H and O–H groups in total. The maximum Gasteiger partial charge on any atom is 0.164 e. The van der Waals surface area contributed by atoms with Crippen LogP contribution in [0.5, 0.6) is 28.7 Å². The average Bonchev–Trinajstić information content (AvgIpc) is 2.81. The number of aryl methyl sites for hydroxylation is 1. The second kappa shape index (κ2) is 10.5. The molecule has 0 saturated heterocycles. The van der Waals surface area contributed by atoms with Crippen molar-refractivity contribution in [1.82, 2.24) is 0 Å². The summed E-state index contributed by atoms with van der Waals surface area (Å²) in [5.41, 5.74) is 2.50. The van der Waals surface area contributed by atoms with Crippen molar-refractivity contribution in [2.24, 2.45) is 5.92 Å². The van der Waals surface area contributed by atoms with E-state index in [0.29, 0.717) is 17.6 Å². The highest BCUT2D eigenvalue weighted by atomic mass is 16.5. The highest BCUT2D eigenvalue weighted by molar-refractivity contribution is 5.51. The molecule has 0 heterocycles. The van der Waals surface area contributed by atoms with E-state index in [1.807, 2.05) is 18.2 Å². The third kappa shape index (κ3) is 4.77. The van der Waals surface area contributed by atoms with Crippen molar-refractivity contribution in [2.45, 2.75) is 44.4 Å². The molecule has 0 unspecified atom stereocenters. The second-order valence-corrected chi connectivity index (χ2v) is 7.82. The van der Waals surface area contributed by atoms with Crippen molar-refractivity contribution >= 4 is 0 Å². The number of hydrogen-bond acceptors (Lipinski definition) is 5. The standard InChI is InChI=1S/C25H34O5/c1-26-21-13-12-18(14-23(21)28-3)20-9-7-6-8-17(20)10-11-19-15-24(29-4)25(30-5)16-22(19)27-2/h12-17,20H,6-11H2,1-5H3/t17-,20+/m1/s1. The van der Waals surface area contributed by atoms with Crippen LogP contribution in [0.15, 0.2) is 30.3 Å². The normalized spacial score (nSPS) is 18.6. The van der Waals surface area contributed by atoms with Gasteiger partial charge in [-0.3, -0.25) is 0 Å². The zero-order chi connectivity index (χ0) is 21.5. The highest BCUT2D eigenvalue weighted by Crippen LogP contribution is 2.43. The van der Waals surface area contributed by atoms with E-state index in [4.69, 9.17) is 23.7 Å². The van der Waals surface area contributed by atoms with E-state index >= 15 is 0 Å². The number of rotatable bonds is 9. The summed E-state index contributed by atoms with van der Waals surface area (Å²) >= 11 is 0. The topological polar surface area (TPSA) is 46.2 Å². The molecule has 0 spiro atoms. The average molecular weight is 415 g/mol. The first-order valence-electron chi connectivity index (χ1n) is 10.7. The van der Waals surface area contributed by atoms with Crippen LogP contribution in [0.4, 0.5) is 0 Å². The van der Waals surface area contributed by atoms with E-state index in [9.17, 15) is 0 Å². The minimum atomic E-state index is 0.532. The van der Waals surface area contributed by atoms with Gasteiger partial charge in [0.05, 0.1) is 35.5 Å². The van der Waals surface area contributed by atoms with Gasteiger partial charge in [-0.05, 0) is 66.8 Å². The van der Waals surface area contributed by atoms with Gasteiger partial charge in [0.2, 0.25) is 0 Å². The van der Waals surface area contributed by atoms with Gasteiger partial charge in [0.1, 0.15) is 5.75 Å². The van der Waals surface area contributed by atoms with Gasteiger partial charge in [0.25, 0.3) is 0 Å². The molecule has 1 fully saturated rings. The fraction of sp³-hybridized carbons (Fsp3) is 0.520. The summed E-state index contributed by atoms with van der Waals surface area (Å²) in [6.45, 7) is 0. The van der Waals surface area contributed by atoms with Crippen molar-refractivity contribution in [2.75, 3.05) is 35.5 Å². The Balaban J connectivity index is 1.80. The Kier molecular flexibility index (Phi) is 7.72. The van der Waals surface area contributed by atoms with Gasteiger partial charge in [-0.1, -0.05) is 18.9 Å². The van der Waals surface area contributed by atoms with Crippen molar-refractivity contribution in [3.8, 4) is 28.7 Å². The van der Waals surface area contributed by atoms with Crippen molar-refractivity contribution in [3.05, 3.63) is 41.5 Å². The lowest BCUT2D eigenvalue weighted by atomic mass is 9.73. The van der Waals surface area contributed by atoms with Crippen LogP contribution in [0.1, 0.15) is 49.1 Å². The van der Waals surface area contributed by atoms with Gasteiger partial charge < -0.3 is 23.7 Å². The maximum absolute atomic E-state index is 5.63. The van der Waals surface area contributed by atoms with Crippen LogP contribution in [0.3, 0.4) is 0 Å². The Morgan fingerprint density at radius 3 is 1.93 bits per heavy atom. The Morgan fingerprint density at radius 2 is 1.27 bits per heavy atom. The number of benzene rings is 2. The third-order valence-corrected chi connectivity index (χ3v) is 6.32. The molecule has 30 heavy (non-hydrogen) atoms. The second-order valence-electron chi connectivity index (χ2n) is 7.82. The summed E-state index contributed by atoms with van der Waals surface area (Å²) in [6, 6.07) is 10.3. The molecule has 5 heteroatoms. The van der Waals surface area contributed by atoms with Crippen LogP contribution in [-0.2, 0) is 6.42 Å². The van der Waals surface area contributed by atoms with E-state index in [-0.39, 0.29) is 0 Å². The van der Waals surface area contributed by atoms with Gasteiger partial charge in [-0.2, -0.15) is 0 Å². The van der Waals surface area contributed by atoms with E-state index in [1.54, 1.807) is 35.5 Å². The molecule has 0 bridgehead atoms. The lowest BCUT2D eigenvalue weighted by Crippen LogP contribution is -2.19. The Bertz CT molecular complexity index is 833. The van der Waals surface area contributed by atoms with Gasteiger partial charge in [0.15, 0.2) is 23.0 Å². The van der Waals surface area contributed by atoms with Crippen LogP contribution < -0.4 is 23.7 Å². The van der Waals surface area contributed by atoms with Crippen molar-refractivity contribution in [3.63, 3.8) is 0 Å². The summed E-state index contributed by atoms with van der Waals surface area (Å²) in [6.07, 6.45) is 7.06. The molecule has 0 amide bonds. The number of methoxy groups -OCH3 is 5. The zero-order valence-corrected chi connectivity index (χ0v) is 18.8. The maximum atomic E-state index is 5.63. The Morgan fingerprint density at radius 1 is 0.667 bits per heavy atom. The molecule has 1 aliphatic carbocycles. The minimum absolute atomic E-state index is 0.532. The van der Waals surface area contributed by atoms with Crippen LogP contribution in [0.2, 0.25) is 0 Å². The zero-order valence-electron chi connectivity index (χ0n) is 18.8. The Hall–Kier alpha value is -2.56.